The lowest BCUT2D eigenvalue weighted by molar-refractivity contribution is 0.0950. The first-order valence-corrected chi connectivity index (χ1v) is 10.2. The fraction of sp³-hybridized carbons (Fsp3) is 0.250. The third-order valence-corrected chi connectivity index (χ3v) is 5.72. The van der Waals surface area contributed by atoms with E-state index in [0.717, 1.165) is 21.6 Å². The summed E-state index contributed by atoms with van der Waals surface area (Å²) in [7, 11) is 2.03. The average Bonchev–Trinajstić information content (AvgIpc) is 3.11. The van der Waals surface area contributed by atoms with Gasteiger partial charge in [-0.1, -0.05) is 75.3 Å². The molecule has 1 aromatic heterocycles. The molecule has 0 aliphatic carbocycles. The standard InChI is InChI=1S/C20H21BrN4OS/c1-14-7-9-15(10-8-14)11-22-19(26)20-24-23-18(27-20)13-25(2)12-16-5-3-4-6-17(16)21/h3-10H,11-13H2,1-2H3,(H,22,26). The van der Waals surface area contributed by atoms with Crippen LogP contribution in [0.2, 0.25) is 0 Å². The Morgan fingerprint density at radius 1 is 1.11 bits per heavy atom. The highest BCUT2D eigenvalue weighted by Gasteiger charge is 2.14. The lowest BCUT2D eigenvalue weighted by Crippen LogP contribution is -2.22. The summed E-state index contributed by atoms with van der Waals surface area (Å²) in [5, 5.41) is 12.3. The van der Waals surface area contributed by atoms with Gasteiger partial charge >= 0.3 is 0 Å². The zero-order valence-corrected chi connectivity index (χ0v) is 17.7. The molecule has 0 aliphatic heterocycles. The van der Waals surface area contributed by atoms with Crippen LogP contribution in [0.3, 0.4) is 0 Å². The molecule has 0 bridgehead atoms. The zero-order chi connectivity index (χ0) is 19.2. The number of nitrogens with one attached hydrogen (secondary N) is 1. The van der Waals surface area contributed by atoms with Crippen LogP contribution in [0.4, 0.5) is 0 Å². The molecule has 0 fully saturated rings. The fourth-order valence-corrected chi connectivity index (χ4v) is 3.82. The molecule has 0 unspecified atom stereocenters. The molecule has 5 nitrogen and oxygen atoms in total. The van der Waals surface area contributed by atoms with Crippen molar-refractivity contribution < 1.29 is 4.79 Å². The Bertz CT molecular complexity index is 910. The lowest BCUT2D eigenvalue weighted by Gasteiger charge is -2.15. The highest BCUT2D eigenvalue weighted by atomic mass is 79.9. The SMILES string of the molecule is Cc1ccc(CNC(=O)c2nnc(CN(C)Cc3ccccc3Br)s2)cc1. The van der Waals surface area contributed by atoms with Gasteiger partial charge in [-0.25, -0.2) is 0 Å². The predicted octanol–water partition coefficient (Wildman–Crippen LogP) is 4.17. The molecule has 1 heterocycles. The molecule has 0 radical (unpaired) electrons. The van der Waals surface area contributed by atoms with E-state index in [1.165, 1.54) is 22.5 Å². The van der Waals surface area contributed by atoms with E-state index in [-0.39, 0.29) is 5.91 Å². The highest BCUT2D eigenvalue weighted by Crippen LogP contribution is 2.19. The summed E-state index contributed by atoms with van der Waals surface area (Å²) in [5.41, 5.74) is 3.47. The number of halogens is 1. The summed E-state index contributed by atoms with van der Waals surface area (Å²) in [6, 6.07) is 16.2. The minimum Gasteiger partial charge on any atom is -0.346 e. The Morgan fingerprint density at radius 2 is 1.85 bits per heavy atom. The quantitative estimate of drug-likeness (QED) is 0.593. The van der Waals surface area contributed by atoms with Gasteiger partial charge in [-0.05, 0) is 31.2 Å². The van der Waals surface area contributed by atoms with Crippen molar-refractivity contribution in [2.24, 2.45) is 0 Å². The van der Waals surface area contributed by atoms with Crippen molar-refractivity contribution in [3.8, 4) is 0 Å². The summed E-state index contributed by atoms with van der Waals surface area (Å²) < 4.78 is 1.09. The Hall–Kier alpha value is -2.09. The number of nitrogens with zero attached hydrogens (tertiary/aromatic N) is 3. The van der Waals surface area contributed by atoms with Crippen LogP contribution in [-0.4, -0.2) is 28.1 Å². The largest absolute Gasteiger partial charge is 0.346 e. The number of hydrogen-bond donors (Lipinski definition) is 1. The van der Waals surface area contributed by atoms with Gasteiger partial charge in [0.05, 0.1) is 6.54 Å². The summed E-state index contributed by atoms with van der Waals surface area (Å²) >= 11 is 4.90. The number of rotatable bonds is 7. The predicted molar refractivity (Wildman–Crippen MR) is 112 cm³/mol. The monoisotopic (exact) mass is 444 g/mol. The van der Waals surface area contributed by atoms with Gasteiger partial charge in [-0.3, -0.25) is 9.69 Å². The van der Waals surface area contributed by atoms with E-state index < -0.39 is 0 Å². The van der Waals surface area contributed by atoms with Crippen LogP contribution in [0.5, 0.6) is 0 Å². The molecule has 0 saturated carbocycles. The van der Waals surface area contributed by atoms with Crippen molar-refractivity contribution in [1.29, 1.82) is 0 Å². The average molecular weight is 445 g/mol. The van der Waals surface area contributed by atoms with Crippen LogP contribution < -0.4 is 5.32 Å². The molecule has 2 aromatic carbocycles. The van der Waals surface area contributed by atoms with Gasteiger partial charge in [0.1, 0.15) is 5.01 Å². The van der Waals surface area contributed by atoms with Crippen molar-refractivity contribution in [3.63, 3.8) is 0 Å². The van der Waals surface area contributed by atoms with E-state index in [0.29, 0.717) is 18.1 Å². The van der Waals surface area contributed by atoms with Gasteiger partial charge in [0.15, 0.2) is 0 Å². The van der Waals surface area contributed by atoms with Crippen molar-refractivity contribution in [3.05, 3.63) is 79.7 Å². The molecule has 1 amide bonds. The maximum absolute atomic E-state index is 12.3. The maximum atomic E-state index is 12.3. The Morgan fingerprint density at radius 3 is 2.59 bits per heavy atom. The lowest BCUT2D eigenvalue weighted by atomic mass is 10.1. The zero-order valence-electron chi connectivity index (χ0n) is 15.3. The molecular weight excluding hydrogens is 424 g/mol. The van der Waals surface area contributed by atoms with Gasteiger partial charge in [0.2, 0.25) is 5.01 Å². The summed E-state index contributed by atoms with van der Waals surface area (Å²) in [5.74, 6) is -0.187. The molecule has 3 rings (SSSR count). The van der Waals surface area contributed by atoms with E-state index >= 15 is 0 Å². The third-order valence-electron chi connectivity index (χ3n) is 4.04. The summed E-state index contributed by atoms with van der Waals surface area (Å²) in [6.07, 6.45) is 0. The first-order valence-electron chi connectivity index (χ1n) is 8.59. The second kappa shape index (κ2) is 9.21. The molecule has 27 heavy (non-hydrogen) atoms. The fourth-order valence-electron chi connectivity index (χ4n) is 2.58. The molecule has 3 aromatic rings. The molecule has 140 valence electrons. The van der Waals surface area contributed by atoms with E-state index in [2.05, 4.69) is 42.4 Å². The number of benzene rings is 2. The van der Waals surface area contributed by atoms with Crippen LogP contribution in [0.1, 0.15) is 31.5 Å². The van der Waals surface area contributed by atoms with Crippen molar-refractivity contribution in [1.82, 2.24) is 20.4 Å². The minimum atomic E-state index is -0.187. The highest BCUT2D eigenvalue weighted by molar-refractivity contribution is 9.10. The molecule has 7 heteroatoms. The molecule has 0 atom stereocenters. The Balaban J connectivity index is 1.53. The van der Waals surface area contributed by atoms with Crippen LogP contribution in [0.25, 0.3) is 0 Å². The smallest absolute Gasteiger partial charge is 0.282 e. The van der Waals surface area contributed by atoms with Gasteiger partial charge in [-0.15, -0.1) is 10.2 Å². The Kier molecular flexibility index (Phi) is 6.71. The number of carbonyl (C=O) groups excluding carboxylic acids is 1. The number of hydrogen-bond acceptors (Lipinski definition) is 5. The van der Waals surface area contributed by atoms with Crippen LogP contribution in [0, 0.1) is 6.92 Å². The van der Waals surface area contributed by atoms with Crippen molar-refractivity contribution >= 4 is 33.2 Å². The molecule has 1 N–H and O–H groups in total. The molecule has 0 aliphatic rings. The van der Waals surface area contributed by atoms with Crippen LogP contribution in [0.15, 0.2) is 53.0 Å². The first kappa shape index (κ1) is 19.7. The van der Waals surface area contributed by atoms with Gasteiger partial charge in [0.25, 0.3) is 5.91 Å². The second-order valence-electron chi connectivity index (χ2n) is 6.43. The topological polar surface area (TPSA) is 58.1 Å². The Labute approximate surface area is 171 Å². The number of aryl methyl sites for hydroxylation is 1. The van der Waals surface area contributed by atoms with Crippen molar-refractivity contribution in [2.75, 3.05) is 7.05 Å². The number of aromatic nitrogens is 2. The first-order chi connectivity index (χ1) is 13.0. The molecule has 0 spiro atoms. The van der Waals surface area contributed by atoms with Gasteiger partial charge in [-0.2, -0.15) is 0 Å². The van der Waals surface area contributed by atoms with E-state index in [4.69, 9.17) is 0 Å². The maximum Gasteiger partial charge on any atom is 0.282 e. The van der Waals surface area contributed by atoms with Gasteiger partial charge < -0.3 is 5.32 Å². The normalized spacial score (nSPS) is 11.0. The number of carbonyl (C=O) groups is 1. The van der Waals surface area contributed by atoms with Crippen molar-refractivity contribution in [2.45, 2.75) is 26.6 Å². The molecular formula is C20H21BrN4OS. The van der Waals surface area contributed by atoms with Crippen LogP contribution >= 0.6 is 27.3 Å². The van der Waals surface area contributed by atoms with Gasteiger partial charge in [0, 0.05) is 17.6 Å². The second-order valence-corrected chi connectivity index (χ2v) is 8.35. The number of amides is 1. The summed E-state index contributed by atoms with van der Waals surface area (Å²) in [6.45, 7) is 3.95. The van der Waals surface area contributed by atoms with E-state index in [1.54, 1.807) is 0 Å². The van der Waals surface area contributed by atoms with E-state index in [9.17, 15) is 4.79 Å². The summed E-state index contributed by atoms with van der Waals surface area (Å²) in [4.78, 5) is 14.4. The van der Waals surface area contributed by atoms with E-state index in [1.807, 2.05) is 56.4 Å². The third kappa shape index (κ3) is 5.69. The molecule has 0 saturated heterocycles. The minimum absolute atomic E-state index is 0.187. The van der Waals surface area contributed by atoms with Crippen LogP contribution in [-0.2, 0) is 19.6 Å².